The average Bonchev–Trinajstić information content (AvgIpc) is 2.38. The van der Waals surface area contributed by atoms with E-state index in [-0.39, 0.29) is 0 Å². The molecule has 2 aliphatic carbocycles. The lowest BCUT2D eigenvalue weighted by molar-refractivity contribution is 0.640. The molecule has 0 heteroatoms. The Balaban J connectivity index is 2.21. The Morgan fingerprint density at radius 2 is 1.76 bits per heavy atom. The van der Waals surface area contributed by atoms with Crippen molar-refractivity contribution < 1.29 is 0 Å². The maximum Gasteiger partial charge on any atom is 0.00939 e. The summed E-state index contributed by atoms with van der Waals surface area (Å²) in [6.07, 6.45) is 9.27. The third-order valence-corrected chi connectivity index (χ3v) is 4.11. The van der Waals surface area contributed by atoms with Crippen molar-refractivity contribution in [2.24, 2.45) is 5.92 Å². The normalized spacial score (nSPS) is 24.3. The van der Waals surface area contributed by atoms with Gasteiger partial charge in [0.2, 0.25) is 0 Å². The van der Waals surface area contributed by atoms with E-state index in [0.29, 0.717) is 11.8 Å². The fraction of sp³-hybridized carbons (Fsp3) is 0.176. The molecule has 82 valence electrons. The molecule has 0 bridgehead atoms. The van der Waals surface area contributed by atoms with Crippen LogP contribution in [0.1, 0.15) is 29.5 Å². The van der Waals surface area contributed by atoms with Crippen LogP contribution in [0.15, 0.2) is 42.5 Å². The summed E-state index contributed by atoms with van der Waals surface area (Å²) in [6, 6.07) is 11.1. The molecule has 0 N–H and O–H groups in total. The fourth-order valence-corrected chi connectivity index (χ4v) is 3.21. The Kier molecular flexibility index (Phi) is 1.69. The third-order valence-electron chi connectivity index (χ3n) is 4.11. The van der Waals surface area contributed by atoms with Crippen molar-refractivity contribution in [1.82, 2.24) is 0 Å². The summed E-state index contributed by atoms with van der Waals surface area (Å²) in [5.41, 5.74) is 4.31. The molecule has 2 aliphatic rings. The van der Waals surface area contributed by atoms with Gasteiger partial charge < -0.3 is 0 Å². The third kappa shape index (κ3) is 1.13. The number of allylic oxidation sites excluding steroid dienone is 2. The molecule has 0 nitrogen and oxygen atoms in total. The van der Waals surface area contributed by atoms with Gasteiger partial charge >= 0.3 is 0 Å². The van der Waals surface area contributed by atoms with Crippen molar-refractivity contribution in [3.63, 3.8) is 0 Å². The fourth-order valence-electron chi connectivity index (χ4n) is 3.21. The SMILES string of the molecule is CC1C=Cc2ccc3cccc4c3c2C1C=C4. The topological polar surface area (TPSA) is 0 Å². The summed E-state index contributed by atoms with van der Waals surface area (Å²) in [5, 5.41) is 2.84. The van der Waals surface area contributed by atoms with E-state index in [4.69, 9.17) is 0 Å². The van der Waals surface area contributed by atoms with Crippen LogP contribution in [-0.2, 0) is 0 Å². The number of rotatable bonds is 0. The summed E-state index contributed by atoms with van der Waals surface area (Å²) in [5.74, 6) is 1.17. The molecule has 0 saturated carbocycles. The summed E-state index contributed by atoms with van der Waals surface area (Å²) < 4.78 is 0. The van der Waals surface area contributed by atoms with Crippen LogP contribution in [0.3, 0.4) is 0 Å². The van der Waals surface area contributed by atoms with Crippen molar-refractivity contribution in [2.45, 2.75) is 12.8 Å². The number of benzene rings is 2. The van der Waals surface area contributed by atoms with Crippen molar-refractivity contribution in [3.8, 4) is 0 Å². The van der Waals surface area contributed by atoms with Gasteiger partial charge in [0, 0.05) is 5.92 Å². The lowest BCUT2D eigenvalue weighted by atomic mass is 9.74. The minimum atomic E-state index is 0.564. The van der Waals surface area contributed by atoms with E-state index in [1.54, 1.807) is 0 Å². The molecule has 0 heterocycles. The van der Waals surface area contributed by atoms with Crippen molar-refractivity contribution in [1.29, 1.82) is 0 Å². The van der Waals surface area contributed by atoms with Crippen molar-refractivity contribution in [2.75, 3.05) is 0 Å². The molecule has 0 radical (unpaired) electrons. The summed E-state index contributed by atoms with van der Waals surface area (Å²) >= 11 is 0. The molecule has 0 amide bonds. The van der Waals surface area contributed by atoms with Crippen molar-refractivity contribution in [3.05, 3.63) is 59.2 Å². The molecule has 2 aromatic carbocycles. The monoisotopic (exact) mass is 218 g/mol. The second-order valence-electron chi connectivity index (χ2n) is 5.12. The van der Waals surface area contributed by atoms with Gasteiger partial charge in [-0.1, -0.05) is 61.6 Å². The molecule has 2 atom stereocenters. The van der Waals surface area contributed by atoms with E-state index in [0.717, 1.165) is 0 Å². The smallest absolute Gasteiger partial charge is 0.00939 e. The molecule has 0 spiro atoms. The molecular formula is C17H14. The van der Waals surface area contributed by atoms with Crippen molar-refractivity contribution >= 4 is 22.9 Å². The van der Waals surface area contributed by atoms with E-state index < -0.39 is 0 Å². The first-order valence-corrected chi connectivity index (χ1v) is 6.26. The zero-order valence-corrected chi connectivity index (χ0v) is 9.85. The lowest BCUT2D eigenvalue weighted by Crippen LogP contribution is -2.13. The van der Waals surface area contributed by atoms with Crippen LogP contribution < -0.4 is 0 Å². The molecule has 4 rings (SSSR count). The van der Waals surface area contributed by atoms with Crippen LogP contribution in [0.5, 0.6) is 0 Å². The Labute approximate surface area is 101 Å². The minimum absolute atomic E-state index is 0.564. The maximum absolute atomic E-state index is 2.37. The zero-order valence-electron chi connectivity index (χ0n) is 9.85. The van der Waals surface area contributed by atoms with Crippen LogP contribution in [0, 0.1) is 5.92 Å². The van der Waals surface area contributed by atoms with Crippen LogP contribution >= 0.6 is 0 Å². The first-order valence-electron chi connectivity index (χ1n) is 6.26. The summed E-state index contributed by atoms with van der Waals surface area (Å²) in [4.78, 5) is 0. The van der Waals surface area contributed by atoms with Gasteiger partial charge in [-0.25, -0.2) is 0 Å². The first kappa shape index (κ1) is 9.23. The standard InChI is InChI=1S/C17H14/c1-11-5-6-14-8-7-12-3-2-4-13-9-10-15(11)17(14)16(12)13/h2-11,15H,1H3. The van der Waals surface area contributed by atoms with Crippen LogP contribution in [0.2, 0.25) is 0 Å². The molecule has 0 aliphatic heterocycles. The first-order chi connectivity index (χ1) is 8.34. The molecule has 17 heavy (non-hydrogen) atoms. The van der Waals surface area contributed by atoms with Crippen LogP contribution in [0.4, 0.5) is 0 Å². The summed E-state index contributed by atoms with van der Waals surface area (Å²) in [7, 11) is 0. The Bertz CT molecular complexity index is 674. The van der Waals surface area contributed by atoms with Gasteiger partial charge in [-0.3, -0.25) is 0 Å². The highest BCUT2D eigenvalue weighted by Crippen LogP contribution is 2.43. The quantitative estimate of drug-likeness (QED) is 0.605. The van der Waals surface area contributed by atoms with Gasteiger partial charge in [0.05, 0.1) is 0 Å². The molecule has 0 aromatic heterocycles. The number of hydrogen-bond donors (Lipinski definition) is 0. The van der Waals surface area contributed by atoms with Gasteiger partial charge in [-0.05, 0) is 33.4 Å². The molecular weight excluding hydrogens is 204 g/mol. The van der Waals surface area contributed by atoms with Gasteiger partial charge in [0.15, 0.2) is 0 Å². The van der Waals surface area contributed by atoms with E-state index in [1.165, 1.54) is 27.5 Å². The largest absolute Gasteiger partial charge is 0.0802 e. The van der Waals surface area contributed by atoms with E-state index in [2.05, 4.69) is 61.6 Å². The zero-order chi connectivity index (χ0) is 11.4. The van der Waals surface area contributed by atoms with E-state index in [9.17, 15) is 0 Å². The van der Waals surface area contributed by atoms with Gasteiger partial charge in [-0.2, -0.15) is 0 Å². The second-order valence-corrected chi connectivity index (χ2v) is 5.12. The van der Waals surface area contributed by atoms with Gasteiger partial charge in [-0.15, -0.1) is 0 Å². The van der Waals surface area contributed by atoms with Gasteiger partial charge in [0.1, 0.15) is 0 Å². The van der Waals surface area contributed by atoms with E-state index in [1.807, 2.05) is 0 Å². The average molecular weight is 218 g/mol. The molecule has 2 unspecified atom stereocenters. The van der Waals surface area contributed by atoms with E-state index >= 15 is 0 Å². The predicted octanol–water partition coefficient (Wildman–Crippen LogP) is 4.61. The number of hydrogen-bond acceptors (Lipinski definition) is 0. The van der Waals surface area contributed by atoms with Crippen LogP contribution in [-0.4, -0.2) is 0 Å². The minimum Gasteiger partial charge on any atom is -0.0802 e. The lowest BCUT2D eigenvalue weighted by Gasteiger charge is -2.29. The molecule has 0 fully saturated rings. The molecule has 0 saturated heterocycles. The summed E-state index contributed by atoms with van der Waals surface area (Å²) in [6.45, 7) is 2.31. The predicted molar refractivity (Wildman–Crippen MR) is 73.9 cm³/mol. The Morgan fingerprint density at radius 1 is 0.882 bits per heavy atom. The van der Waals surface area contributed by atoms with Crippen LogP contribution in [0.25, 0.3) is 22.9 Å². The highest BCUT2D eigenvalue weighted by Gasteiger charge is 2.26. The highest BCUT2D eigenvalue weighted by molar-refractivity contribution is 5.98. The molecule has 2 aromatic rings. The maximum atomic E-state index is 2.37. The second kappa shape index (κ2) is 3.10. The Hall–Kier alpha value is -1.82. The highest BCUT2D eigenvalue weighted by atomic mass is 14.3. The van der Waals surface area contributed by atoms with Gasteiger partial charge in [0.25, 0.3) is 0 Å². The Morgan fingerprint density at radius 3 is 2.71 bits per heavy atom.